The number of nitrogens with zero attached hydrogens (tertiary/aromatic N) is 2. The summed E-state index contributed by atoms with van der Waals surface area (Å²) in [6.45, 7) is 4.36. The Morgan fingerprint density at radius 1 is 1.07 bits per heavy atom. The standard InChI is InChI=1S/C20H19N3O3S/c1-3-15-11-16-12-17(7-10-19(16)23(4-2)20(15)24)22-27(25,26)18-8-5-14(13-21)6-9-18/h5-12,22H,3-4H2,1-2H3. The number of hydrogen-bond donors (Lipinski definition) is 1. The van der Waals surface area contributed by atoms with Gasteiger partial charge in [0.25, 0.3) is 15.6 Å². The van der Waals surface area contributed by atoms with Crippen molar-refractivity contribution in [2.75, 3.05) is 4.72 Å². The molecule has 0 amide bonds. The monoisotopic (exact) mass is 381 g/mol. The lowest BCUT2D eigenvalue weighted by Gasteiger charge is -2.13. The molecule has 0 saturated heterocycles. The van der Waals surface area contributed by atoms with Crippen LogP contribution in [0.2, 0.25) is 0 Å². The van der Waals surface area contributed by atoms with Crippen molar-refractivity contribution in [1.82, 2.24) is 4.57 Å². The third kappa shape index (κ3) is 3.57. The summed E-state index contributed by atoms with van der Waals surface area (Å²) in [6, 6.07) is 14.6. The third-order valence-corrected chi connectivity index (χ3v) is 5.81. The number of benzene rings is 2. The molecule has 138 valence electrons. The zero-order chi connectivity index (χ0) is 19.6. The largest absolute Gasteiger partial charge is 0.308 e. The first kappa shape index (κ1) is 18.7. The molecule has 0 aliphatic carbocycles. The van der Waals surface area contributed by atoms with E-state index in [9.17, 15) is 13.2 Å². The van der Waals surface area contributed by atoms with Gasteiger partial charge in [-0.05, 0) is 61.9 Å². The van der Waals surface area contributed by atoms with Gasteiger partial charge in [-0.2, -0.15) is 5.26 Å². The van der Waals surface area contributed by atoms with Crippen LogP contribution in [-0.4, -0.2) is 13.0 Å². The van der Waals surface area contributed by atoms with Crippen LogP contribution in [0, 0.1) is 11.3 Å². The fraction of sp³-hybridized carbons (Fsp3) is 0.200. The zero-order valence-corrected chi connectivity index (χ0v) is 15.9. The molecule has 0 spiro atoms. The predicted octanol–water partition coefficient (Wildman–Crippen LogP) is 3.26. The molecule has 0 fully saturated rings. The molecule has 0 aliphatic heterocycles. The maximum absolute atomic E-state index is 12.6. The lowest BCUT2D eigenvalue weighted by atomic mass is 10.1. The molecule has 0 atom stereocenters. The van der Waals surface area contributed by atoms with Gasteiger partial charge in [0, 0.05) is 23.2 Å². The highest BCUT2D eigenvalue weighted by atomic mass is 32.2. The maximum Gasteiger partial charge on any atom is 0.261 e. The van der Waals surface area contributed by atoms with Gasteiger partial charge in [-0.25, -0.2) is 8.42 Å². The van der Waals surface area contributed by atoms with Crippen LogP contribution in [-0.2, 0) is 23.0 Å². The van der Waals surface area contributed by atoms with Gasteiger partial charge >= 0.3 is 0 Å². The van der Waals surface area contributed by atoms with E-state index >= 15 is 0 Å². The van der Waals surface area contributed by atoms with Crippen LogP contribution >= 0.6 is 0 Å². The number of nitriles is 1. The summed E-state index contributed by atoms with van der Waals surface area (Å²) < 4.78 is 29.4. The molecule has 3 rings (SSSR count). The Morgan fingerprint density at radius 2 is 1.78 bits per heavy atom. The van der Waals surface area contributed by atoms with Crippen LogP contribution < -0.4 is 10.3 Å². The Labute approximate surface area is 157 Å². The van der Waals surface area contributed by atoms with E-state index in [1.54, 1.807) is 22.8 Å². The first-order valence-electron chi connectivity index (χ1n) is 8.59. The van der Waals surface area contributed by atoms with E-state index in [1.165, 1.54) is 24.3 Å². The Balaban J connectivity index is 2.03. The van der Waals surface area contributed by atoms with Crippen LogP contribution in [0.4, 0.5) is 5.69 Å². The summed E-state index contributed by atoms with van der Waals surface area (Å²) >= 11 is 0. The fourth-order valence-corrected chi connectivity index (χ4v) is 4.05. The summed E-state index contributed by atoms with van der Waals surface area (Å²) in [7, 11) is -3.77. The summed E-state index contributed by atoms with van der Waals surface area (Å²) in [6.07, 6.45) is 0.607. The predicted molar refractivity (Wildman–Crippen MR) is 105 cm³/mol. The highest BCUT2D eigenvalue weighted by Crippen LogP contribution is 2.22. The second-order valence-corrected chi connectivity index (χ2v) is 7.77. The normalized spacial score (nSPS) is 11.3. The SMILES string of the molecule is CCc1cc2cc(NS(=O)(=O)c3ccc(C#N)cc3)ccc2n(CC)c1=O. The Bertz CT molecular complexity index is 1200. The highest BCUT2D eigenvalue weighted by Gasteiger charge is 2.15. The number of fused-ring (bicyclic) bond motifs is 1. The number of anilines is 1. The average molecular weight is 381 g/mol. The molecule has 7 heteroatoms. The van der Waals surface area contributed by atoms with E-state index in [2.05, 4.69) is 4.72 Å². The topological polar surface area (TPSA) is 92.0 Å². The van der Waals surface area contributed by atoms with Gasteiger partial charge in [-0.1, -0.05) is 6.92 Å². The van der Waals surface area contributed by atoms with Gasteiger partial charge in [0.1, 0.15) is 0 Å². The van der Waals surface area contributed by atoms with Gasteiger partial charge in [-0.3, -0.25) is 9.52 Å². The molecule has 6 nitrogen and oxygen atoms in total. The van der Waals surface area contributed by atoms with Gasteiger partial charge in [0.05, 0.1) is 22.0 Å². The Kier molecular flexibility index (Phi) is 5.02. The third-order valence-electron chi connectivity index (χ3n) is 4.41. The first-order chi connectivity index (χ1) is 12.9. The minimum atomic E-state index is -3.77. The van der Waals surface area contributed by atoms with Crippen molar-refractivity contribution in [3.8, 4) is 6.07 Å². The second kappa shape index (κ2) is 7.25. The van der Waals surface area contributed by atoms with Crippen LogP contribution in [0.5, 0.6) is 0 Å². The van der Waals surface area contributed by atoms with E-state index in [0.29, 0.717) is 29.8 Å². The van der Waals surface area contributed by atoms with Gasteiger partial charge in [0.2, 0.25) is 0 Å². The molecule has 2 aromatic carbocycles. The van der Waals surface area contributed by atoms with Crippen molar-refractivity contribution >= 4 is 26.6 Å². The molecule has 0 radical (unpaired) electrons. The number of aromatic nitrogens is 1. The molecule has 1 aromatic heterocycles. The van der Waals surface area contributed by atoms with Crippen LogP contribution in [0.25, 0.3) is 10.9 Å². The Hall–Kier alpha value is -3.11. The Morgan fingerprint density at radius 3 is 2.37 bits per heavy atom. The number of rotatable bonds is 5. The molecule has 0 unspecified atom stereocenters. The quantitative estimate of drug-likeness (QED) is 0.734. The van der Waals surface area contributed by atoms with Crippen LogP contribution in [0.3, 0.4) is 0 Å². The number of hydrogen-bond acceptors (Lipinski definition) is 4. The number of aryl methyl sites for hydroxylation is 2. The number of pyridine rings is 1. The summed E-state index contributed by atoms with van der Waals surface area (Å²) in [5.41, 5.74) is 2.25. The first-order valence-corrected chi connectivity index (χ1v) is 10.1. The van der Waals surface area contributed by atoms with Crippen molar-refractivity contribution in [3.63, 3.8) is 0 Å². The van der Waals surface area contributed by atoms with Gasteiger partial charge in [-0.15, -0.1) is 0 Å². The minimum absolute atomic E-state index is 0.0154. The van der Waals surface area contributed by atoms with Crippen LogP contribution in [0.1, 0.15) is 25.0 Å². The molecule has 1 N–H and O–H groups in total. The van der Waals surface area contributed by atoms with Crippen molar-refractivity contribution < 1.29 is 8.42 Å². The van der Waals surface area contributed by atoms with E-state index in [1.807, 2.05) is 26.0 Å². The molecule has 0 aliphatic rings. The van der Waals surface area contributed by atoms with Gasteiger partial charge in [0.15, 0.2) is 0 Å². The molecular weight excluding hydrogens is 362 g/mol. The lowest BCUT2D eigenvalue weighted by Crippen LogP contribution is -2.23. The minimum Gasteiger partial charge on any atom is -0.308 e. The summed E-state index contributed by atoms with van der Waals surface area (Å²) in [5, 5.41) is 9.63. The van der Waals surface area contributed by atoms with Crippen molar-refractivity contribution in [2.45, 2.75) is 31.7 Å². The van der Waals surface area contributed by atoms with Crippen molar-refractivity contribution in [3.05, 3.63) is 70.0 Å². The summed E-state index contributed by atoms with van der Waals surface area (Å²) in [5.74, 6) is 0. The fourth-order valence-electron chi connectivity index (χ4n) is 3.00. The van der Waals surface area contributed by atoms with Gasteiger partial charge < -0.3 is 4.57 Å². The van der Waals surface area contributed by atoms with E-state index in [0.717, 1.165) is 10.9 Å². The molecule has 1 heterocycles. The number of nitrogens with one attached hydrogen (secondary N) is 1. The maximum atomic E-state index is 12.6. The molecular formula is C20H19N3O3S. The van der Waals surface area contributed by atoms with E-state index in [4.69, 9.17) is 5.26 Å². The second-order valence-electron chi connectivity index (χ2n) is 6.09. The number of sulfonamides is 1. The molecule has 0 saturated carbocycles. The van der Waals surface area contributed by atoms with E-state index in [-0.39, 0.29) is 10.5 Å². The molecule has 0 bridgehead atoms. The summed E-state index contributed by atoms with van der Waals surface area (Å²) in [4.78, 5) is 12.5. The molecule has 27 heavy (non-hydrogen) atoms. The highest BCUT2D eigenvalue weighted by molar-refractivity contribution is 7.92. The van der Waals surface area contributed by atoms with E-state index < -0.39 is 10.0 Å². The van der Waals surface area contributed by atoms with Crippen molar-refractivity contribution in [1.29, 1.82) is 5.26 Å². The smallest absolute Gasteiger partial charge is 0.261 e. The molecule has 3 aromatic rings. The average Bonchev–Trinajstić information content (AvgIpc) is 2.67. The zero-order valence-electron chi connectivity index (χ0n) is 15.1. The lowest BCUT2D eigenvalue weighted by molar-refractivity contribution is 0.601. The van der Waals surface area contributed by atoms with Crippen LogP contribution in [0.15, 0.2) is 58.2 Å². The van der Waals surface area contributed by atoms with Crippen molar-refractivity contribution in [2.24, 2.45) is 0 Å².